The van der Waals surface area contributed by atoms with Gasteiger partial charge in [0.2, 0.25) is 0 Å². The number of hydrogen-bond acceptors (Lipinski definition) is 2. The molecule has 2 heteroatoms. The maximum absolute atomic E-state index is 8.63. The molecule has 3 unspecified atom stereocenters. The summed E-state index contributed by atoms with van der Waals surface area (Å²) in [5, 5.41) is 8.63. The summed E-state index contributed by atoms with van der Waals surface area (Å²) in [6.07, 6.45) is 3.26. The molecule has 74 valence electrons. The molecule has 1 rings (SSSR count). The summed E-state index contributed by atoms with van der Waals surface area (Å²) in [6.45, 7) is 7.91. The van der Waals surface area contributed by atoms with Gasteiger partial charge in [0.25, 0.3) is 0 Å². The van der Waals surface area contributed by atoms with Crippen molar-refractivity contribution in [3.63, 3.8) is 0 Å². The average Bonchev–Trinajstić information content (AvgIpc) is 2.47. The third-order valence-corrected chi connectivity index (χ3v) is 3.44. The number of hydrogen-bond donors (Lipinski definition) is 0. The molecule has 1 saturated heterocycles. The van der Waals surface area contributed by atoms with Crippen LogP contribution < -0.4 is 0 Å². The molecule has 0 aromatic rings. The van der Waals surface area contributed by atoms with Gasteiger partial charge in [-0.1, -0.05) is 13.3 Å². The van der Waals surface area contributed by atoms with Crippen molar-refractivity contribution in [3.8, 4) is 6.07 Å². The van der Waals surface area contributed by atoms with Crippen molar-refractivity contribution < 1.29 is 0 Å². The van der Waals surface area contributed by atoms with E-state index in [-0.39, 0.29) is 0 Å². The fourth-order valence-corrected chi connectivity index (χ4v) is 2.45. The Hall–Kier alpha value is -0.550. The highest BCUT2D eigenvalue weighted by Gasteiger charge is 2.31. The second-order valence-corrected chi connectivity index (χ2v) is 4.15. The van der Waals surface area contributed by atoms with E-state index in [9.17, 15) is 0 Å². The number of nitriles is 1. The summed E-state index contributed by atoms with van der Waals surface area (Å²) in [7, 11) is 0. The minimum Gasteiger partial charge on any atom is -0.297 e. The first kappa shape index (κ1) is 10.5. The van der Waals surface area contributed by atoms with Gasteiger partial charge in [0, 0.05) is 12.1 Å². The largest absolute Gasteiger partial charge is 0.297 e. The van der Waals surface area contributed by atoms with E-state index in [1.54, 1.807) is 0 Å². The van der Waals surface area contributed by atoms with Gasteiger partial charge in [-0.2, -0.15) is 5.26 Å². The van der Waals surface area contributed by atoms with E-state index < -0.39 is 0 Å². The van der Waals surface area contributed by atoms with Gasteiger partial charge < -0.3 is 0 Å². The molecule has 0 aromatic carbocycles. The van der Waals surface area contributed by atoms with Gasteiger partial charge in [0.05, 0.1) is 12.5 Å². The minimum absolute atomic E-state index is 0.441. The second kappa shape index (κ2) is 4.62. The molecule has 0 N–H and O–H groups in total. The van der Waals surface area contributed by atoms with Crippen molar-refractivity contribution in [2.75, 3.05) is 6.54 Å². The zero-order valence-corrected chi connectivity index (χ0v) is 8.95. The lowest BCUT2D eigenvalue weighted by molar-refractivity contribution is 0.184. The van der Waals surface area contributed by atoms with Gasteiger partial charge in [0.1, 0.15) is 0 Å². The van der Waals surface area contributed by atoms with Crippen molar-refractivity contribution in [2.45, 2.75) is 52.1 Å². The molecule has 0 aliphatic carbocycles. The van der Waals surface area contributed by atoms with Gasteiger partial charge in [-0.15, -0.1) is 0 Å². The highest BCUT2D eigenvalue weighted by atomic mass is 15.2. The summed E-state index contributed by atoms with van der Waals surface area (Å²) in [5.41, 5.74) is 0. The fraction of sp³-hybridized carbons (Fsp3) is 0.909. The Morgan fingerprint density at radius 2 is 2.31 bits per heavy atom. The van der Waals surface area contributed by atoms with Crippen LogP contribution in [-0.2, 0) is 0 Å². The lowest BCUT2D eigenvalue weighted by atomic mass is 9.99. The maximum Gasteiger partial charge on any atom is 0.0638 e. The Morgan fingerprint density at radius 3 is 2.77 bits per heavy atom. The monoisotopic (exact) mass is 180 g/mol. The van der Waals surface area contributed by atoms with Crippen LogP contribution in [0.4, 0.5) is 0 Å². The first-order chi connectivity index (χ1) is 6.20. The van der Waals surface area contributed by atoms with Crippen molar-refractivity contribution in [3.05, 3.63) is 0 Å². The molecule has 0 aromatic heterocycles. The van der Waals surface area contributed by atoms with E-state index >= 15 is 0 Å². The number of rotatable bonds is 3. The predicted octanol–water partition coefficient (Wildman–Crippen LogP) is 2.41. The average molecular weight is 180 g/mol. The molecule has 2 nitrogen and oxygen atoms in total. The topological polar surface area (TPSA) is 27.0 Å². The molecule has 0 amide bonds. The van der Waals surface area contributed by atoms with Gasteiger partial charge in [0.15, 0.2) is 0 Å². The van der Waals surface area contributed by atoms with Gasteiger partial charge in [-0.05, 0) is 32.7 Å². The Balaban J connectivity index is 2.49. The Morgan fingerprint density at radius 1 is 1.62 bits per heavy atom. The summed E-state index contributed by atoms with van der Waals surface area (Å²) in [6, 6.07) is 3.37. The fourth-order valence-electron chi connectivity index (χ4n) is 2.45. The van der Waals surface area contributed by atoms with Crippen LogP contribution in [0.25, 0.3) is 0 Å². The van der Waals surface area contributed by atoms with Crippen LogP contribution in [0.3, 0.4) is 0 Å². The standard InChI is InChI=1S/C11H20N2/c1-4-11-6-8-13(10(11)3)9(2)5-7-12/h9-11H,4-6,8H2,1-3H3. The van der Waals surface area contributed by atoms with Crippen LogP contribution in [0, 0.1) is 17.2 Å². The molecule has 0 spiro atoms. The van der Waals surface area contributed by atoms with Crippen LogP contribution in [0.1, 0.15) is 40.0 Å². The van der Waals surface area contributed by atoms with Crippen LogP contribution >= 0.6 is 0 Å². The van der Waals surface area contributed by atoms with Crippen molar-refractivity contribution in [1.82, 2.24) is 4.90 Å². The third-order valence-electron chi connectivity index (χ3n) is 3.44. The SMILES string of the molecule is CCC1CCN(C(C)CC#N)C1C. The highest BCUT2D eigenvalue weighted by molar-refractivity contribution is 4.89. The van der Waals surface area contributed by atoms with Crippen LogP contribution in [0.15, 0.2) is 0 Å². The first-order valence-electron chi connectivity index (χ1n) is 5.33. The van der Waals surface area contributed by atoms with Crippen molar-refractivity contribution >= 4 is 0 Å². The van der Waals surface area contributed by atoms with Crippen LogP contribution in [0.2, 0.25) is 0 Å². The van der Waals surface area contributed by atoms with Gasteiger partial charge in [-0.3, -0.25) is 4.90 Å². The highest BCUT2D eigenvalue weighted by Crippen LogP contribution is 2.28. The Kier molecular flexibility index (Phi) is 3.74. The second-order valence-electron chi connectivity index (χ2n) is 4.15. The molecule has 1 aliphatic rings. The zero-order valence-electron chi connectivity index (χ0n) is 8.95. The van der Waals surface area contributed by atoms with Gasteiger partial charge in [-0.25, -0.2) is 0 Å². The Bertz CT molecular complexity index is 195. The molecule has 1 aliphatic heterocycles. The van der Waals surface area contributed by atoms with E-state index in [1.165, 1.54) is 19.4 Å². The normalized spacial score (nSPS) is 31.5. The summed E-state index contributed by atoms with van der Waals surface area (Å²) in [4.78, 5) is 2.48. The van der Waals surface area contributed by atoms with E-state index in [4.69, 9.17) is 5.26 Å². The molecule has 3 atom stereocenters. The summed E-state index contributed by atoms with van der Waals surface area (Å²) < 4.78 is 0. The van der Waals surface area contributed by atoms with E-state index in [2.05, 4.69) is 31.7 Å². The molecule has 0 radical (unpaired) electrons. The smallest absolute Gasteiger partial charge is 0.0638 e. The van der Waals surface area contributed by atoms with Crippen molar-refractivity contribution in [2.24, 2.45) is 5.92 Å². The lowest BCUT2D eigenvalue weighted by Gasteiger charge is -2.28. The number of nitrogens with zero attached hydrogens (tertiary/aromatic N) is 2. The van der Waals surface area contributed by atoms with Gasteiger partial charge >= 0.3 is 0 Å². The number of likely N-dealkylation sites (tertiary alicyclic amines) is 1. The molecule has 1 heterocycles. The summed E-state index contributed by atoms with van der Waals surface area (Å²) in [5.74, 6) is 0.848. The minimum atomic E-state index is 0.441. The molecule has 1 fully saturated rings. The molecule has 0 saturated carbocycles. The van der Waals surface area contributed by atoms with Crippen molar-refractivity contribution in [1.29, 1.82) is 5.26 Å². The quantitative estimate of drug-likeness (QED) is 0.667. The zero-order chi connectivity index (χ0) is 9.84. The van der Waals surface area contributed by atoms with Crippen LogP contribution in [0.5, 0.6) is 0 Å². The van der Waals surface area contributed by atoms with E-state index in [0.717, 1.165) is 5.92 Å². The predicted molar refractivity (Wildman–Crippen MR) is 54.3 cm³/mol. The molecule has 13 heavy (non-hydrogen) atoms. The van der Waals surface area contributed by atoms with E-state index in [0.29, 0.717) is 18.5 Å². The molecular formula is C11H20N2. The van der Waals surface area contributed by atoms with Crippen LogP contribution in [-0.4, -0.2) is 23.5 Å². The molecule has 0 bridgehead atoms. The molecular weight excluding hydrogens is 160 g/mol. The lowest BCUT2D eigenvalue weighted by Crippen LogP contribution is -2.37. The third kappa shape index (κ3) is 2.22. The Labute approximate surface area is 81.5 Å². The maximum atomic E-state index is 8.63. The van der Waals surface area contributed by atoms with E-state index in [1.807, 2.05) is 0 Å². The first-order valence-corrected chi connectivity index (χ1v) is 5.33. The summed E-state index contributed by atoms with van der Waals surface area (Å²) >= 11 is 0.